The van der Waals surface area contributed by atoms with Crippen molar-refractivity contribution < 1.29 is 4.79 Å². The van der Waals surface area contributed by atoms with Crippen molar-refractivity contribution in [1.82, 2.24) is 25.4 Å². The SMILES string of the molecule is CC(C)NCCC(=O)NCCc1nncn1C. The van der Waals surface area contributed by atoms with Crippen molar-refractivity contribution in [3.8, 4) is 0 Å². The Kier molecular flexibility index (Phi) is 5.62. The van der Waals surface area contributed by atoms with Crippen LogP contribution in [0.25, 0.3) is 0 Å². The van der Waals surface area contributed by atoms with Crippen molar-refractivity contribution >= 4 is 5.91 Å². The fourth-order valence-corrected chi connectivity index (χ4v) is 1.41. The molecule has 0 atom stereocenters. The van der Waals surface area contributed by atoms with Gasteiger partial charge in [-0.3, -0.25) is 4.79 Å². The summed E-state index contributed by atoms with van der Waals surface area (Å²) in [7, 11) is 1.89. The molecule has 1 heterocycles. The van der Waals surface area contributed by atoms with Gasteiger partial charge in [0.05, 0.1) is 0 Å². The number of aromatic nitrogens is 3. The molecule has 1 aromatic rings. The van der Waals surface area contributed by atoms with Crippen LogP contribution in [0.15, 0.2) is 6.33 Å². The van der Waals surface area contributed by atoms with Crippen LogP contribution in [0.4, 0.5) is 0 Å². The molecule has 0 aliphatic carbocycles. The van der Waals surface area contributed by atoms with E-state index in [1.807, 2.05) is 11.6 Å². The fraction of sp³-hybridized carbons (Fsp3) is 0.727. The van der Waals surface area contributed by atoms with Crippen molar-refractivity contribution in [1.29, 1.82) is 0 Å². The van der Waals surface area contributed by atoms with Crippen molar-refractivity contribution in [3.63, 3.8) is 0 Å². The van der Waals surface area contributed by atoms with E-state index in [0.29, 0.717) is 32.0 Å². The van der Waals surface area contributed by atoms with E-state index in [2.05, 4.69) is 34.7 Å². The van der Waals surface area contributed by atoms with Gasteiger partial charge in [0.15, 0.2) is 0 Å². The third-order valence-corrected chi connectivity index (χ3v) is 2.38. The van der Waals surface area contributed by atoms with Gasteiger partial charge in [-0.15, -0.1) is 10.2 Å². The Labute approximate surface area is 102 Å². The Bertz CT molecular complexity index is 347. The number of nitrogens with zero attached hydrogens (tertiary/aromatic N) is 3. The van der Waals surface area contributed by atoms with Crippen LogP contribution in [0.1, 0.15) is 26.1 Å². The van der Waals surface area contributed by atoms with Gasteiger partial charge >= 0.3 is 0 Å². The van der Waals surface area contributed by atoms with Crippen molar-refractivity contribution in [2.24, 2.45) is 7.05 Å². The number of carbonyl (C=O) groups is 1. The highest BCUT2D eigenvalue weighted by Crippen LogP contribution is 1.91. The zero-order valence-electron chi connectivity index (χ0n) is 10.7. The summed E-state index contributed by atoms with van der Waals surface area (Å²) in [6.07, 6.45) is 2.88. The molecule has 6 heteroatoms. The maximum Gasteiger partial charge on any atom is 0.221 e. The molecule has 0 aromatic carbocycles. The van der Waals surface area contributed by atoms with Crippen LogP contribution in [0.5, 0.6) is 0 Å². The third-order valence-electron chi connectivity index (χ3n) is 2.38. The molecule has 0 saturated heterocycles. The van der Waals surface area contributed by atoms with E-state index in [-0.39, 0.29) is 5.91 Å². The molecule has 1 aromatic heterocycles. The van der Waals surface area contributed by atoms with Crippen molar-refractivity contribution in [2.75, 3.05) is 13.1 Å². The standard InChI is InChI=1S/C11H21N5O/c1-9(2)12-7-5-11(17)13-6-4-10-15-14-8-16(10)3/h8-9,12H,4-7H2,1-3H3,(H,13,17). The number of aryl methyl sites for hydroxylation is 1. The minimum absolute atomic E-state index is 0.0697. The summed E-state index contributed by atoms with van der Waals surface area (Å²) < 4.78 is 1.85. The highest BCUT2D eigenvalue weighted by molar-refractivity contribution is 5.76. The largest absolute Gasteiger partial charge is 0.356 e. The molecule has 96 valence electrons. The Morgan fingerprint density at radius 2 is 2.24 bits per heavy atom. The van der Waals surface area contributed by atoms with Gasteiger partial charge in [0.1, 0.15) is 12.2 Å². The van der Waals surface area contributed by atoms with Crippen LogP contribution in [0.3, 0.4) is 0 Å². The molecule has 0 aliphatic heterocycles. The third kappa shape index (κ3) is 5.44. The van der Waals surface area contributed by atoms with Gasteiger partial charge in [0.2, 0.25) is 5.91 Å². The highest BCUT2D eigenvalue weighted by Gasteiger charge is 2.03. The minimum atomic E-state index is 0.0697. The quantitative estimate of drug-likeness (QED) is 0.695. The van der Waals surface area contributed by atoms with E-state index in [4.69, 9.17) is 0 Å². The molecule has 6 nitrogen and oxygen atoms in total. The molecule has 0 radical (unpaired) electrons. The lowest BCUT2D eigenvalue weighted by molar-refractivity contribution is -0.120. The second-order valence-electron chi connectivity index (χ2n) is 4.32. The van der Waals surface area contributed by atoms with E-state index in [9.17, 15) is 4.79 Å². The molecule has 17 heavy (non-hydrogen) atoms. The van der Waals surface area contributed by atoms with Gasteiger partial charge < -0.3 is 15.2 Å². The van der Waals surface area contributed by atoms with Gasteiger partial charge in [0.25, 0.3) is 0 Å². The first kappa shape index (κ1) is 13.6. The Morgan fingerprint density at radius 1 is 1.47 bits per heavy atom. The Balaban J connectivity index is 2.10. The van der Waals surface area contributed by atoms with Crippen LogP contribution in [0, 0.1) is 0 Å². The first-order chi connectivity index (χ1) is 8.09. The number of hydrogen-bond donors (Lipinski definition) is 2. The smallest absolute Gasteiger partial charge is 0.221 e. The first-order valence-electron chi connectivity index (χ1n) is 5.92. The highest BCUT2D eigenvalue weighted by atomic mass is 16.1. The maximum absolute atomic E-state index is 11.4. The summed E-state index contributed by atoms with van der Waals surface area (Å²) in [6.45, 7) is 5.44. The normalized spacial score (nSPS) is 10.8. The lowest BCUT2D eigenvalue weighted by Crippen LogP contribution is -2.31. The van der Waals surface area contributed by atoms with Crippen LogP contribution in [-0.4, -0.2) is 39.8 Å². The van der Waals surface area contributed by atoms with Crippen LogP contribution in [-0.2, 0) is 18.3 Å². The molecular formula is C11H21N5O. The summed E-state index contributed by atoms with van der Waals surface area (Å²) in [4.78, 5) is 11.4. The minimum Gasteiger partial charge on any atom is -0.356 e. The molecule has 1 amide bonds. The summed E-state index contributed by atoms with van der Waals surface area (Å²) in [5.74, 6) is 0.950. The Hall–Kier alpha value is -1.43. The topological polar surface area (TPSA) is 71.8 Å². The molecule has 0 fully saturated rings. The predicted octanol–water partition coefficient (Wildman–Crippen LogP) is -0.138. The number of carbonyl (C=O) groups excluding carboxylic acids is 1. The maximum atomic E-state index is 11.4. The summed E-state index contributed by atoms with van der Waals surface area (Å²) >= 11 is 0. The molecule has 0 bridgehead atoms. The molecule has 0 spiro atoms. The van der Waals surface area contributed by atoms with Crippen LogP contribution >= 0.6 is 0 Å². The van der Waals surface area contributed by atoms with Crippen LogP contribution < -0.4 is 10.6 Å². The first-order valence-corrected chi connectivity index (χ1v) is 5.92. The van der Waals surface area contributed by atoms with Crippen molar-refractivity contribution in [3.05, 3.63) is 12.2 Å². The zero-order chi connectivity index (χ0) is 12.7. The van der Waals surface area contributed by atoms with Crippen LogP contribution in [0.2, 0.25) is 0 Å². The summed E-state index contributed by atoms with van der Waals surface area (Å²) in [5, 5.41) is 13.8. The van der Waals surface area contributed by atoms with Gasteiger partial charge in [-0.25, -0.2) is 0 Å². The summed E-state index contributed by atoms with van der Waals surface area (Å²) in [6, 6.07) is 0.418. The van der Waals surface area contributed by atoms with E-state index in [1.54, 1.807) is 6.33 Å². The number of nitrogens with one attached hydrogen (secondary N) is 2. The Morgan fingerprint density at radius 3 is 2.82 bits per heavy atom. The molecule has 0 unspecified atom stereocenters. The fourth-order valence-electron chi connectivity index (χ4n) is 1.41. The lowest BCUT2D eigenvalue weighted by atomic mass is 10.3. The number of hydrogen-bond acceptors (Lipinski definition) is 4. The lowest BCUT2D eigenvalue weighted by Gasteiger charge is -2.08. The predicted molar refractivity (Wildman–Crippen MR) is 65.5 cm³/mol. The molecule has 2 N–H and O–H groups in total. The van der Waals surface area contributed by atoms with Gasteiger partial charge in [0, 0.05) is 39.0 Å². The van der Waals surface area contributed by atoms with E-state index < -0.39 is 0 Å². The van der Waals surface area contributed by atoms with Gasteiger partial charge in [-0.1, -0.05) is 13.8 Å². The second kappa shape index (κ2) is 7.01. The molecule has 0 saturated carbocycles. The number of amides is 1. The summed E-state index contributed by atoms with van der Waals surface area (Å²) in [5.41, 5.74) is 0. The number of rotatable bonds is 7. The molecule has 1 rings (SSSR count). The zero-order valence-corrected chi connectivity index (χ0v) is 10.7. The van der Waals surface area contributed by atoms with Gasteiger partial charge in [-0.05, 0) is 0 Å². The molecular weight excluding hydrogens is 218 g/mol. The van der Waals surface area contributed by atoms with E-state index in [1.165, 1.54) is 0 Å². The van der Waals surface area contributed by atoms with Gasteiger partial charge in [-0.2, -0.15) is 0 Å². The van der Waals surface area contributed by atoms with E-state index >= 15 is 0 Å². The van der Waals surface area contributed by atoms with E-state index in [0.717, 1.165) is 5.82 Å². The monoisotopic (exact) mass is 239 g/mol. The second-order valence-corrected chi connectivity index (χ2v) is 4.32. The average molecular weight is 239 g/mol. The molecule has 0 aliphatic rings. The van der Waals surface area contributed by atoms with Crippen molar-refractivity contribution in [2.45, 2.75) is 32.7 Å². The average Bonchev–Trinajstić information content (AvgIpc) is 2.64.